The SMILES string of the molecule is CNC(C)c1ccc(SCc2ncnn2CC(C)C)cc1. The van der Waals surface area contributed by atoms with Crippen LogP contribution in [-0.2, 0) is 12.3 Å². The number of benzene rings is 1. The van der Waals surface area contributed by atoms with Crippen LogP contribution < -0.4 is 5.32 Å². The molecule has 114 valence electrons. The highest BCUT2D eigenvalue weighted by molar-refractivity contribution is 7.98. The molecule has 2 rings (SSSR count). The second-order valence-electron chi connectivity index (χ2n) is 5.62. The van der Waals surface area contributed by atoms with Gasteiger partial charge in [0.15, 0.2) is 0 Å². The first-order valence-corrected chi connectivity index (χ1v) is 8.35. The third-order valence-electron chi connectivity index (χ3n) is 3.41. The molecule has 0 fully saturated rings. The molecule has 0 saturated carbocycles. The van der Waals surface area contributed by atoms with Gasteiger partial charge in [-0.25, -0.2) is 9.67 Å². The Hall–Kier alpha value is -1.33. The van der Waals surface area contributed by atoms with E-state index in [4.69, 9.17) is 0 Å². The van der Waals surface area contributed by atoms with Crippen LogP contribution in [0.5, 0.6) is 0 Å². The Kier molecular flexibility index (Phi) is 5.82. The summed E-state index contributed by atoms with van der Waals surface area (Å²) in [5.41, 5.74) is 1.31. The number of aromatic nitrogens is 3. The van der Waals surface area contributed by atoms with Gasteiger partial charge in [0, 0.05) is 17.5 Å². The zero-order valence-electron chi connectivity index (χ0n) is 13.2. The Balaban J connectivity index is 1.95. The molecule has 1 aromatic carbocycles. The van der Waals surface area contributed by atoms with Gasteiger partial charge >= 0.3 is 0 Å². The lowest BCUT2D eigenvalue weighted by atomic mass is 10.1. The van der Waals surface area contributed by atoms with E-state index in [1.807, 2.05) is 11.7 Å². The zero-order valence-corrected chi connectivity index (χ0v) is 14.0. The van der Waals surface area contributed by atoms with Crippen molar-refractivity contribution in [3.05, 3.63) is 42.0 Å². The van der Waals surface area contributed by atoms with Crippen LogP contribution >= 0.6 is 11.8 Å². The van der Waals surface area contributed by atoms with Gasteiger partial charge in [-0.05, 0) is 37.6 Å². The molecule has 1 unspecified atom stereocenters. The van der Waals surface area contributed by atoms with E-state index < -0.39 is 0 Å². The average Bonchev–Trinajstić information content (AvgIpc) is 2.91. The summed E-state index contributed by atoms with van der Waals surface area (Å²) in [6.07, 6.45) is 1.65. The predicted molar refractivity (Wildman–Crippen MR) is 88.3 cm³/mol. The van der Waals surface area contributed by atoms with Crippen LogP contribution in [0.15, 0.2) is 35.5 Å². The van der Waals surface area contributed by atoms with E-state index in [9.17, 15) is 0 Å². The lowest BCUT2D eigenvalue weighted by Gasteiger charge is -2.11. The van der Waals surface area contributed by atoms with Crippen molar-refractivity contribution >= 4 is 11.8 Å². The minimum absolute atomic E-state index is 0.387. The van der Waals surface area contributed by atoms with Crippen LogP contribution in [-0.4, -0.2) is 21.8 Å². The van der Waals surface area contributed by atoms with Crippen LogP contribution in [0, 0.1) is 5.92 Å². The van der Waals surface area contributed by atoms with Crippen molar-refractivity contribution in [1.82, 2.24) is 20.1 Å². The van der Waals surface area contributed by atoms with Gasteiger partial charge in [0.05, 0.1) is 5.75 Å². The van der Waals surface area contributed by atoms with E-state index in [2.05, 4.69) is 60.4 Å². The first kappa shape index (κ1) is 16.0. The maximum absolute atomic E-state index is 4.36. The van der Waals surface area contributed by atoms with Crippen molar-refractivity contribution in [2.24, 2.45) is 5.92 Å². The predicted octanol–water partition coefficient (Wildman–Crippen LogP) is 3.51. The molecule has 1 atom stereocenters. The smallest absolute Gasteiger partial charge is 0.138 e. The molecule has 0 radical (unpaired) electrons. The molecule has 0 aliphatic carbocycles. The van der Waals surface area contributed by atoms with E-state index in [0.29, 0.717) is 12.0 Å². The zero-order chi connectivity index (χ0) is 15.2. The molecule has 0 saturated heterocycles. The third-order valence-corrected chi connectivity index (χ3v) is 4.42. The molecule has 1 N–H and O–H groups in total. The molecular formula is C16H24N4S. The van der Waals surface area contributed by atoms with Gasteiger partial charge in [-0.1, -0.05) is 26.0 Å². The van der Waals surface area contributed by atoms with Gasteiger partial charge in [-0.2, -0.15) is 5.10 Å². The lowest BCUT2D eigenvalue weighted by molar-refractivity contribution is 0.472. The Morgan fingerprint density at radius 3 is 2.52 bits per heavy atom. The van der Waals surface area contributed by atoms with Crippen molar-refractivity contribution in [3.63, 3.8) is 0 Å². The third kappa shape index (κ3) is 4.58. The van der Waals surface area contributed by atoms with Crippen molar-refractivity contribution < 1.29 is 0 Å². The Morgan fingerprint density at radius 1 is 1.19 bits per heavy atom. The summed E-state index contributed by atoms with van der Waals surface area (Å²) in [4.78, 5) is 5.63. The van der Waals surface area contributed by atoms with Crippen LogP contribution in [0.1, 0.15) is 38.2 Å². The first-order chi connectivity index (χ1) is 10.1. The van der Waals surface area contributed by atoms with Gasteiger partial charge in [-0.3, -0.25) is 0 Å². The summed E-state index contributed by atoms with van der Waals surface area (Å²) < 4.78 is 2.01. The largest absolute Gasteiger partial charge is 0.313 e. The molecule has 0 aliphatic heterocycles. The Bertz CT molecular complexity index is 548. The lowest BCUT2D eigenvalue weighted by Crippen LogP contribution is -2.11. The topological polar surface area (TPSA) is 42.7 Å². The molecule has 5 heteroatoms. The molecular weight excluding hydrogens is 280 g/mol. The highest BCUT2D eigenvalue weighted by atomic mass is 32.2. The van der Waals surface area contributed by atoms with Crippen LogP contribution in [0.4, 0.5) is 0 Å². The van der Waals surface area contributed by atoms with Crippen molar-refractivity contribution in [2.75, 3.05) is 7.05 Å². The van der Waals surface area contributed by atoms with Gasteiger partial charge in [0.25, 0.3) is 0 Å². The molecule has 0 spiro atoms. The van der Waals surface area contributed by atoms with Gasteiger partial charge in [-0.15, -0.1) is 11.8 Å². The fraction of sp³-hybridized carbons (Fsp3) is 0.500. The fourth-order valence-electron chi connectivity index (χ4n) is 2.07. The number of thioether (sulfide) groups is 1. The van der Waals surface area contributed by atoms with Crippen molar-refractivity contribution in [3.8, 4) is 0 Å². The maximum Gasteiger partial charge on any atom is 0.138 e. The number of nitrogens with zero attached hydrogens (tertiary/aromatic N) is 3. The quantitative estimate of drug-likeness (QED) is 0.795. The van der Waals surface area contributed by atoms with Crippen molar-refractivity contribution in [2.45, 2.75) is 44.0 Å². The number of hydrogen-bond donors (Lipinski definition) is 1. The highest BCUT2D eigenvalue weighted by Gasteiger charge is 2.07. The summed E-state index contributed by atoms with van der Waals surface area (Å²) in [5, 5.41) is 7.55. The number of hydrogen-bond acceptors (Lipinski definition) is 4. The van der Waals surface area contributed by atoms with E-state index in [-0.39, 0.29) is 0 Å². The molecule has 0 bridgehead atoms. The van der Waals surface area contributed by atoms with Gasteiger partial charge in [0.1, 0.15) is 12.2 Å². The summed E-state index contributed by atoms with van der Waals surface area (Å²) in [5.74, 6) is 2.48. The molecule has 21 heavy (non-hydrogen) atoms. The summed E-state index contributed by atoms with van der Waals surface area (Å²) in [6.45, 7) is 7.48. The molecule has 1 aromatic heterocycles. The van der Waals surface area contributed by atoms with E-state index in [1.54, 1.807) is 18.1 Å². The standard InChI is InChI=1S/C16H24N4S/c1-12(2)9-20-16(18-11-19-20)10-21-15-7-5-14(6-8-15)13(3)17-4/h5-8,11-13,17H,9-10H2,1-4H3. The van der Waals surface area contributed by atoms with Gasteiger partial charge in [0.2, 0.25) is 0 Å². The normalized spacial score (nSPS) is 12.8. The van der Waals surface area contributed by atoms with Gasteiger partial charge < -0.3 is 5.32 Å². The molecule has 0 amide bonds. The van der Waals surface area contributed by atoms with Crippen molar-refractivity contribution in [1.29, 1.82) is 0 Å². The molecule has 0 aliphatic rings. The monoisotopic (exact) mass is 304 g/mol. The summed E-state index contributed by atoms with van der Waals surface area (Å²) in [7, 11) is 1.98. The summed E-state index contributed by atoms with van der Waals surface area (Å²) >= 11 is 1.80. The summed E-state index contributed by atoms with van der Waals surface area (Å²) in [6, 6.07) is 9.11. The Labute approximate surface area is 131 Å². The highest BCUT2D eigenvalue weighted by Crippen LogP contribution is 2.24. The molecule has 1 heterocycles. The minimum atomic E-state index is 0.387. The Morgan fingerprint density at radius 2 is 1.90 bits per heavy atom. The second-order valence-corrected chi connectivity index (χ2v) is 6.67. The van der Waals surface area contributed by atoms with Crippen LogP contribution in [0.2, 0.25) is 0 Å². The fourth-order valence-corrected chi connectivity index (χ4v) is 2.91. The number of nitrogens with one attached hydrogen (secondary N) is 1. The molecule has 2 aromatic rings. The minimum Gasteiger partial charge on any atom is -0.313 e. The average molecular weight is 304 g/mol. The number of rotatable bonds is 7. The second kappa shape index (κ2) is 7.61. The van der Waals surface area contributed by atoms with E-state index in [0.717, 1.165) is 18.1 Å². The van der Waals surface area contributed by atoms with Crippen LogP contribution in [0.3, 0.4) is 0 Å². The van der Waals surface area contributed by atoms with Crippen LogP contribution in [0.25, 0.3) is 0 Å². The van der Waals surface area contributed by atoms with E-state index >= 15 is 0 Å². The maximum atomic E-state index is 4.36. The van der Waals surface area contributed by atoms with E-state index in [1.165, 1.54) is 10.5 Å². The molecule has 4 nitrogen and oxygen atoms in total. The first-order valence-electron chi connectivity index (χ1n) is 7.37.